The molecule has 0 radical (unpaired) electrons. The van der Waals surface area contributed by atoms with Crippen LogP contribution in [-0.2, 0) is 15.0 Å². The number of amides is 2. The van der Waals surface area contributed by atoms with Crippen molar-refractivity contribution in [1.29, 1.82) is 0 Å². The standard InChI is InChI=1S/C20H29BrN2O2/c1-13(2)22-18(24)14-7-5-10-17(11-14)23-19(25)20(3,4)15-8-6-9-16(21)12-15/h6,8-9,12-14,17H,5,7,10-11H2,1-4H3,(H,22,24)(H,23,25). The fourth-order valence-corrected chi connectivity index (χ4v) is 3.73. The summed E-state index contributed by atoms with van der Waals surface area (Å²) in [5.74, 6) is 0.121. The van der Waals surface area contributed by atoms with Crippen molar-refractivity contribution in [2.45, 2.75) is 70.9 Å². The molecule has 138 valence electrons. The summed E-state index contributed by atoms with van der Waals surface area (Å²) in [6.45, 7) is 7.83. The van der Waals surface area contributed by atoms with Crippen LogP contribution in [0.2, 0.25) is 0 Å². The van der Waals surface area contributed by atoms with Gasteiger partial charge in [-0.05, 0) is 64.7 Å². The lowest BCUT2D eigenvalue weighted by atomic mass is 9.81. The topological polar surface area (TPSA) is 58.2 Å². The number of hydrogen-bond acceptors (Lipinski definition) is 2. The second-order valence-electron chi connectivity index (χ2n) is 7.83. The molecule has 2 N–H and O–H groups in total. The lowest BCUT2D eigenvalue weighted by molar-refractivity contribution is -0.129. The van der Waals surface area contributed by atoms with Gasteiger partial charge >= 0.3 is 0 Å². The molecule has 1 saturated carbocycles. The fraction of sp³-hybridized carbons (Fsp3) is 0.600. The molecule has 2 atom stereocenters. The minimum absolute atomic E-state index is 0.00423. The van der Waals surface area contributed by atoms with E-state index < -0.39 is 5.41 Å². The van der Waals surface area contributed by atoms with E-state index in [-0.39, 0.29) is 29.8 Å². The van der Waals surface area contributed by atoms with Gasteiger partial charge in [-0.3, -0.25) is 9.59 Å². The first-order chi connectivity index (χ1) is 11.7. The third-order valence-corrected chi connectivity index (χ3v) is 5.42. The molecule has 0 heterocycles. The van der Waals surface area contributed by atoms with Gasteiger partial charge in [0.1, 0.15) is 0 Å². The number of carbonyl (C=O) groups is 2. The molecule has 1 aliphatic rings. The van der Waals surface area contributed by atoms with Gasteiger partial charge in [0.25, 0.3) is 0 Å². The van der Waals surface area contributed by atoms with E-state index in [9.17, 15) is 9.59 Å². The molecular formula is C20H29BrN2O2. The molecule has 2 amide bonds. The molecule has 0 aliphatic heterocycles. The first kappa shape index (κ1) is 20.0. The van der Waals surface area contributed by atoms with Crippen LogP contribution in [0.15, 0.2) is 28.7 Å². The number of hydrogen-bond donors (Lipinski definition) is 2. The highest BCUT2D eigenvalue weighted by Crippen LogP contribution is 2.29. The van der Waals surface area contributed by atoms with Crippen molar-refractivity contribution in [2.24, 2.45) is 5.92 Å². The molecular weight excluding hydrogens is 380 g/mol. The van der Waals surface area contributed by atoms with Crippen molar-refractivity contribution in [3.63, 3.8) is 0 Å². The van der Waals surface area contributed by atoms with Gasteiger partial charge in [0, 0.05) is 22.5 Å². The second kappa shape index (κ2) is 8.35. The third-order valence-electron chi connectivity index (χ3n) is 4.93. The van der Waals surface area contributed by atoms with Crippen LogP contribution >= 0.6 is 15.9 Å². The van der Waals surface area contributed by atoms with Gasteiger partial charge in [-0.15, -0.1) is 0 Å². The van der Waals surface area contributed by atoms with Crippen LogP contribution in [0.25, 0.3) is 0 Å². The number of carbonyl (C=O) groups excluding carboxylic acids is 2. The van der Waals surface area contributed by atoms with Crippen molar-refractivity contribution in [1.82, 2.24) is 10.6 Å². The van der Waals surface area contributed by atoms with Crippen molar-refractivity contribution in [3.05, 3.63) is 34.3 Å². The molecule has 0 saturated heterocycles. The first-order valence-corrected chi connectivity index (χ1v) is 9.87. The third kappa shape index (κ3) is 5.30. The molecule has 4 nitrogen and oxygen atoms in total. The maximum atomic E-state index is 12.9. The largest absolute Gasteiger partial charge is 0.354 e. The van der Waals surface area contributed by atoms with Crippen molar-refractivity contribution in [2.75, 3.05) is 0 Å². The Labute approximate surface area is 159 Å². The van der Waals surface area contributed by atoms with Gasteiger partial charge in [-0.2, -0.15) is 0 Å². The molecule has 1 aliphatic carbocycles. The Morgan fingerprint density at radius 2 is 1.96 bits per heavy atom. The van der Waals surface area contributed by atoms with Crippen LogP contribution in [0.4, 0.5) is 0 Å². The summed E-state index contributed by atoms with van der Waals surface area (Å²) in [6, 6.07) is 8.08. The minimum atomic E-state index is -0.614. The van der Waals surface area contributed by atoms with E-state index in [1.54, 1.807) is 0 Å². The average molecular weight is 409 g/mol. The maximum Gasteiger partial charge on any atom is 0.230 e. The molecule has 0 spiro atoms. The zero-order valence-electron chi connectivity index (χ0n) is 15.6. The summed E-state index contributed by atoms with van der Waals surface area (Å²) < 4.78 is 0.967. The molecule has 1 aromatic rings. The van der Waals surface area contributed by atoms with E-state index in [0.29, 0.717) is 0 Å². The Kier molecular flexibility index (Phi) is 6.66. The highest BCUT2D eigenvalue weighted by molar-refractivity contribution is 9.10. The quantitative estimate of drug-likeness (QED) is 0.775. The molecule has 0 aromatic heterocycles. The predicted octanol–water partition coefficient (Wildman–Crippen LogP) is 3.93. The summed E-state index contributed by atoms with van der Waals surface area (Å²) in [7, 11) is 0. The van der Waals surface area contributed by atoms with Crippen LogP contribution in [0.5, 0.6) is 0 Å². The summed E-state index contributed by atoms with van der Waals surface area (Å²) >= 11 is 3.47. The van der Waals surface area contributed by atoms with Crippen molar-refractivity contribution in [3.8, 4) is 0 Å². The normalized spacial score (nSPS) is 21.0. The minimum Gasteiger partial charge on any atom is -0.354 e. The first-order valence-electron chi connectivity index (χ1n) is 9.07. The highest BCUT2D eigenvalue weighted by Gasteiger charge is 2.34. The lowest BCUT2D eigenvalue weighted by Gasteiger charge is -2.33. The van der Waals surface area contributed by atoms with Gasteiger partial charge in [-0.25, -0.2) is 0 Å². The number of rotatable bonds is 5. The number of nitrogens with one attached hydrogen (secondary N) is 2. The lowest BCUT2D eigenvalue weighted by Crippen LogP contribution is -2.48. The Hall–Kier alpha value is -1.36. The summed E-state index contributed by atoms with van der Waals surface area (Å²) in [5.41, 5.74) is 0.362. The number of benzene rings is 1. The SMILES string of the molecule is CC(C)NC(=O)C1CCCC(NC(=O)C(C)(C)c2cccc(Br)c2)C1. The van der Waals surface area contributed by atoms with Crippen molar-refractivity contribution >= 4 is 27.7 Å². The van der Waals surface area contributed by atoms with Crippen LogP contribution < -0.4 is 10.6 Å². The van der Waals surface area contributed by atoms with Crippen molar-refractivity contribution < 1.29 is 9.59 Å². The van der Waals surface area contributed by atoms with Crippen LogP contribution in [0, 0.1) is 5.92 Å². The Morgan fingerprint density at radius 3 is 2.60 bits per heavy atom. The molecule has 1 fully saturated rings. The molecule has 5 heteroatoms. The highest BCUT2D eigenvalue weighted by atomic mass is 79.9. The molecule has 0 bridgehead atoms. The van der Waals surface area contributed by atoms with Gasteiger partial charge in [0.2, 0.25) is 11.8 Å². The van der Waals surface area contributed by atoms with E-state index in [1.165, 1.54) is 0 Å². The zero-order chi connectivity index (χ0) is 18.6. The van der Waals surface area contributed by atoms with E-state index in [2.05, 4.69) is 26.6 Å². The van der Waals surface area contributed by atoms with E-state index in [1.807, 2.05) is 52.0 Å². The van der Waals surface area contributed by atoms with E-state index in [4.69, 9.17) is 0 Å². The molecule has 2 unspecified atom stereocenters. The Balaban J connectivity index is 2.00. The predicted molar refractivity (Wildman–Crippen MR) is 104 cm³/mol. The summed E-state index contributed by atoms with van der Waals surface area (Å²) in [6.07, 6.45) is 3.53. The van der Waals surface area contributed by atoms with Crippen LogP contribution in [-0.4, -0.2) is 23.9 Å². The maximum absolute atomic E-state index is 12.9. The van der Waals surface area contributed by atoms with Gasteiger partial charge in [0.15, 0.2) is 0 Å². The van der Waals surface area contributed by atoms with Gasteiger partial charge < -0.3 is 10.6 Å². The summed E-state index contributed by atoms with van der Waals surface area (Å²) in [4.78, 5) is 25.1. The van der Waals surface area contributed by atoms with E-state index in [0.717, 1.165) is 35.7 Å². The van der Waals surface area contributed by atoms with E-state index >= 15 is 0 Å². The number of halogens is 1. The van der Waals surface area contributed by atoms with Gasteiger partial charge in [-0.1, -0.05) is 34.5 Å². The van der Waals surface area contributed by atoms with Crippen LogP contribution in [0.1, 0.15) is 58.9 Å². The average Bonchev–Trinajstić information content (AvgIpc) is 2.54. The van der Waals surface area contributed by atoms with Gasteiger partial charge in [0.05, 0.1) is 5.41 Å². The molecule has 1 aromatic carbocycles. The summed E-state index contributed by atoms with van der Waals surface area (Å²) in [5, 5.41) is 6.17. The zero-order valence-corrected chi connectivity index (χ0v) is 17.2. The Bertz CT molecular complexity index is 628. The monoisotopic (exact) mass is 408 g/mol. The second-order valence-corrected chi connectivity index (χ2v) is 8.75. The molecule has 25 heavy (non-hydrogen) atoms. The Morgan fingerprint density at radius 1 is 1.24 bits per heavy atom. The molecule has 2 rings (SSSR count). The fourth-order valence-electron chi connectivity index (χ4n) is 3.34. The van der Waals surface area contributed by atoms with Crippen LogP contribution in [0.3, 0.4) is 0 Å². The smallest absolute Gasteiger partial charge is 0.230 e.